The van der Waals surface area contributed by atoms with Gasteiger partial charge in [0.1, 0.15) is 0 Å². The maximum absolute atomic E-state index is 12.4. The van der Waals surface area contributed by atoms with Crippen molar-refractivity contribution in [1.82, 2.24) is 10.3 Å². The summed E-state index contributed by atoms with van der Waals surface area (Å²) in [6, 6.07) is 3.56. The summed E-state index contributed by atoms with van der Waals surface area (Å²) in [4.78, 5) is 4.30. The summed E-state index contributed by atoms with van der Waals surface area (Å²) >= 11 is 1.55. The van der Waals surface area contributed by atoms with E-state index < -0.39 is 12.6 Å². The highest BCUT2D eigenvalue weighted by molar-refractivity contribution is 7.17. The van der Waals surface area contributed by atoms with E-state index in [4.69, 9.17) is 0 Å². The second kappa shape index (κ2) is 6.54. The molecule has 0 amide bonds. The van der Waals surface area contributed by atoms with Crippen molar-refractivity contribution in [3.63, 3.8) is 0 Å². The average molecular weight is 302 g/mol. The number of hydrogen-bond donors (Lipinski definition) is 1. The molecule has 110 valence electrons. The first kappa shape index (κ1) is 15.3. The lowest BCUT2D eigenvalue weighted by molar-refractivity contribution is -0.136. The number of alkyl halides is 3. The van der Waals surface area contributed by atoms with Gasteiger partial charge in [0.05, 0.1) is 10.2 Å². The molecule has 2 aromatic heterocycles. The van der Waals surface area contributed by atoms with E-state index in [1.165, 1.54) is 0 Å². The van der Waals surface area contributed by atoms with Gasteiger partial charge < -0.3 is 5.32 Å². The van der Waals surface area contributed by atoms with E-state index in [9.17, 15) is 13.2 Å². The van der Waals surface area contributed by atoms with Gasteiger partial charge in [-0.2, -0.15) is 13.2 Å². The van der Waals surface area contributed by atoms with Crippen LogP contribution in [0.1, 0.15) is 37.8 Å². The minimum atomic E-state index is -4.12. The minimum absolute atomic E-state index is 0.0437. The van der Waals surface area contributed by atoms with Gasteiger partial charge in [-0.15, -0.1) is 11.3 Å². The zero-order valence-electron chi connectivity index (χ0n) is 11.2. The van der Waals surface area contributed by atoms with Crippen molar-refractivity contribution in [2.24, 2.45) is 0 Å². The van der Waals surface area contributed by atoms with Gasteiger partial charge in [0.25, 0.3) is 0 Å². The Morgan fingerprint density at radius 2 is 2.20 bits per heavy atom. The fourth-order valence-corrected chi connectivity index (χ4v) is 2.85. The predicted octanol–water partition coefficient (Wildman–Crippen LogP) is 4.68. The van der Waals surface area contributed by atoms with Gasteiger partial charge in [-0.25, -0.2) is 0 Å². The first-order valence-corrected chi connectivity index (χ1v) is 7.51. The summed E-state index contributed by atoms with van der Waals surface area (Å²) in [5.74, 6) is 0. The number of nitrogens with zero attached hydrogens (tertiary/aromatic N) is 1. The molecular formula is C14H17F3N2S. The van der Waals surface area contributed by atoms with Crippen LogP contribution in [0.5, 0.6) is 0 Å². The third-order valence-corrected chi connectivity index (χ3v) is 3.94. The Morgan fingerprint density at radius 1 is 1.40 bits per heavy atom. The summed E-state index contributed by atoms with van der Waals surface area (Å²) in [5.41, 5.74) is 1.72. The molecule has 2 aromatic rings. The molecule has 1 unspecified atom stereocenters. The lowest BCUT2D eigenvalue weighted by Crippen LogP contribution is -2.24. The lowest BCUT2D eigenvalue weighted by atomic mass is 10.0. The Morgan fingerprint density at radius 3 is 2.90 bits per heavy atom. The predicted molar refractivity (Wildman–Crippen MR) is 75.9 cm³/mol. The number of nitrogens with one attached hydrogen (secondary N) is 1. The monoisotopic (exact) mass is 302 g/mol. The van der Waals surface area contributed by atoms with Crippen molar-refractivity contribution in [2.45, 2.75) is 38.4 Å². The Hall–Kier alpha value is -1.14. The quantitative estimate of drug-likeness (QED) is 0.838. The number of rotatable bonds is 6. The Balaban J connectivity index is 2.15. The zero-order valence-corrected chi connectivity index (χ0v) is 12.0. The van der Waals surface area contributed by atoms with Crippen LogP contribution in [0, 0.1) is 0 Å². The van der Waals surface area contributed by atoms with Gasteiger partial charge in [-0.05, 0) is 42.5 Å². The molecule has 0 aromatic carbocycles. The van der Waals surface area contributed by atoms with Crippen molar-refractivity contribution in [3.8, 4) is 0 Å². The van der Waals surface area contributed by atoms with E-state index in [0.717, 1.165) is 22.2 Å². The van der Waals surface area contributed by atoms with Crippen LogP contribution in [0.4, 0.5) is 13.2 Å². The number of hydrogen-bond acceptors (Lipinski definition) is 3. The molecule has 0 aliphatic heterocycles. The Bertz CT molecular complexity index is 551. The smallest absolute Gasteiger partial charge is 0.310 e. The summed E-state index contributed by atoms with van der Waals surface area (Å²) < 4.78 is 38.3. The maximum Gasteiger partial charge on any atom is 0.389 e. The molecule has 0 saturated heterocycles. The SMILES string of the molecule is CCCNC(CCC(F)(F)F)c1cnc2ccsc2c1. The van der Waals surface area contributed by atoms with Gasteiger partial charge in [0.2, 0.25) is 0 Å². The summed E-state index contributed by atoms with van der Waals surface area (Å²) in [7, 11) is 0. The number of aromatic nitrogens is 1. The molecule has 6 heteroatoms. The number of halogens is 3. The van der Waals surface area contributed by atoms with E-state index in [0.29, 0.717) is 6.54 Å². The molecule has 0 radical (unpaired) electrons. The highest BCUT2D eigenvalue weighted by Crippen LogP contribution is 2.29. The van der Waals surface area contributed by atoms with Gasteiger partial charge >= 0.3 is 6.18 Å². The summed E-state index contributed by atoms with van der Waals surface area (Å²) in [6.45, 7) is 2.69. The molecule has 0 aliphatic carbocycles. The van der Waals surface area contributed by atoms with Crippen LogP contribution < -0.4 is 5.32 Å². The maximum atomic E-state index is 12.4. The van der Waals surface area contributed by atoms with E-state index in [2.05, 4.69) is 10.3 Å². The fraction of sp³-hybridized carbons (Fsp3) is 0.500. The third-order valence-electron chi connectivity index (χ3n) is 3.08. The van der Waals surface area contributed by atoms with Crippen LogP contribution >= 0.6 is 11.3 Å². The van der Waals surface area contributed by atoms with Gasteiger partial charge in [0, 0.05) is 18.7 Å². The number of fused-ring (bicyclic) bond motifs is 1. The Labute approximate surface area is 120 Å². The topological polar surface area (TPSA) is 24.9 Å². The molecule has 1 N–H and O–H groups in total. The molecule has 2 nitrogen and oxygen atoms in total. The van der Waals surface area contributed by atoms with E-state index >= 15 is 0 Å². The van der Waals surface area contributed by atoms with Crippen LogP contribution in [0.25, 0.3) is 10.2 Å². The van der Waals surface area contributed by atoms with Crippen LogP contribution in [0.15, 0.2) is 23.7 Å². The molecule has 0 spiro atoms. The first-order chi connectivity index (χ1) is 9.49. The second-order valence-corrected chi connectivity index (χ2v) is 5.68. The van der Waals surface area contributed by atoms with Gasteiger partial charge in [-0.1, -0.05) is 6.92 Å². The van der Waals surface area contributed by atoms with Crippen molar-refractivity contribution in [1.29, 1.82) is 0 Å². The average Bonchev–Trinajstić information content (AvgIpc) is 2.85. The van der Waals surface area contributed by atoms with Crippen molar-refractivity contribution in [2.75, 3.05) is 6.54 Å². The summed E-state index contributed by atoms with van der Waals surface area (Å²) in [6.07, 6.45) is -2.29. The molecule has 1 atom stereocenters. The molecular weight excluding hydrogens is 285 g/mol. The highest BCUT2D eigenvalue weighted by Gasteiger charge is 2.28. The molecule has 0 fully saturated rings. The van der Waals surface area contributed by atoms with Crippen LogP contribution in [-0.4, -0.2) is 17.7 Å². The van der Waals surface area contributed by atoms with Crippen LogP contribution in [0.2, 0.25) is 0 Å². The van der Waals surface area contributed by atoms with E-state index in [1.807, 2.05) is 24.4 Å². The molecule has 0 saturated carbocycles. The van der Waals surface area contributed by atoms with Gasteiger partial charge in [-0.3, -0.25) is 4.98 Å². The Kier molecular flexibility index (Phi) is 4.99. The van der Waals surface area contributed by atoms with E-state index in [1.54, 1.807) is 17.5 Å². The standard InChI is InChI=1S/C14H17F3N2S/c1-2-6-18-11(3-5-14(15,16)17)10-8-13-12(19-9-10)4-7-20-13/h4,7-9,11,18H,2-3,5-6H2,1H3. The largest absolute Gasteiger partial charge is 0.389 e. The van der Waals surface area contributed by atoms with Crippen molar-refractivity contribution in [3.05, 3.63) is 29.3 Å². The minimum Gasteiger partial charge on any atom is -0.310 e. The zero-order chi connectivity index (χ0) is 14.6. The highest BCUT2D eigenvalue weighted by atomic mass is 32.1. The summed E-state index contributed by atoms with van der Waals surface area (Å²) in [5, 5.41) is 5.12. The number of thiophene rings is 1. The lowest BCUT2D eigenvalue weighted by Gasteiger charge is -2.19. The first-order valence-electron chi connectivity index (χ1n) is 6.63. The molecule has 0 bridgehead atoms. The number of pyridine rings is 1. The van der Waals surface area contributed by atoms with Crippen molar-refractivity contribution >= 4 is 21.6 Å². The molecule has 2 heterocycles. The van der Waals surface area contributed by atoms with Crippen LogP contribution in [0.3, 0.4) is 0 Å². The second-order valence-electron chi connectivity index (χ2n) is 4.73. The van der Waals surface area contributed by atoms with Crippen LogP contribution in [-0.2, 0) is 0 Å². The van der Waals surface area contributed by atoms with E-state index in [-0.39, 0.29) is 12.5 Å². The van der Waals surface area contributed by atoms with Gasteiger partial charge in [0.15, 0.2) is 0 Å². The molecule has 2 rings (SSSR count). The normalized spacial score (nSPS) is 13.8. The molecule has 0 aliphatic rings. The fourth-order valence-electron chi connectivity index (χ4n) is 2.07. The third kappa shape index (κ3) is 4.18. The van der Waals surface area contributed by atoms with Crippen molar-refractivity contribution < 1.29 is 13.2 Å². The molecule has 20 heavy (non-hydrogen) atoms.